The van der Waals surface area contributed by atoms with Gasteiger partial charge in [-0.1, -0.05) is 6.07 Å². The summed E-state index contributed by atoms with van der Waals surface area (Å²) in [7, 11) is 1.51. The highest BCUT2D eigenvalue weighted by atomic mass is 19.1. The molecular weight excluding hydrogens is 167 g/mol. The first-order valence-corrected chi connectivity index (χ1v) is 4.67. The minimum atomic E-state index is -0.153. The van der Waals surface area contributed by atoms with E-state index in [2.05, 4.69) is 0 Å². The van der Waals surface area contributed by atoms with E-state index in [-0.39, 0.29) is 5.82 Å². The highest BCUT2D eigenvalue weighted by Crippen LogP contribution is 2.29. The normalized spacial score (nSPS) is 15.2. The van der Waals surface area contributed by atoms with E-state index in [1.165, 1.54) is 13.5 Å². The zero-order valence-electron chi connectivity index (χ0n) is 7.77. The number of hydrogen-bond donors (Lipinski definition) is 0. The minimum Gasteiger partial charge on any atom is -0.494 e. The first-order chi connectivity index (χ1) is 6.33. The average molecular weight is 180 g/mol. The lowest BCUT2D eigenvalue weighted by molar-refractivity contribution is 0.382. The smallest absolute Gasteiger partial charge is 0.168 e. The average Bonchev–Trinajstić information content (AvgIpc) is 2.19. The first-order valence-electron chi connectivity index (χ1n) is 4.67. The predicted molar refractivity (Wildman–Crippen MR) is 49.6 cm³/mol. The number of hydrogen-bond acceptors (Lipinski definition) is 1. The number of halogens is 1. The van der Waals surface area contributed by atoms with Crippen molar-refractivity contribution >= 4 is 0 Å². The monoisotopic (exact) mass is 180 g/mol. The van der Waals surface area contributed by atoms with Crippen LogP contribution in [0.4, 0.5) is 4.39 Å². The molecule has 2 rings (SSSR count). The van der Waals surface area contributed by atoms with Crippen LogP contribution in [0.25, 0.3) is 0 Å². The molecule has 70 valence electrons. The molecule has 0 saturated heterocycles. The van der Waals surface area contributed by atoms with Crippen LogP contribution in [0.1, 0.15) is 24.0 Å². The van der Waals surface area contributed by atoms with E-state index in [9.17, 15) is 4.39 Å². The maximum Gasteiger partial charge on any atom is 0.168 e. The summed E-state index contributed by atoms with van der Waals surface area (Å²) in [6.45, 7) is 0. The summed E-state index contributed by atoms with van der Waals surface area (Å²) in [5, 5.41) is 0. The molecule has 0 amide bonds. The largest absolute Gasteiger partial charge is 0.494 e. The molecular formula is C11H13FO. The van der Waals surface area contributed by atoms with Gasteiger partial charge in [0.05, 0.1) is 7.11 Å². The van der Waals surface area contributed by atoms with Gasteiger partial charge in [0.1, 0.15) is 0 Å². The van der Waals surface area contributed by atoms with E-state index < -0.39 is 0 Å². The van der Waals surface area contributed by atoms with Gasteiger partial charge in [-0.3, -0.25) is 0 Å². The Morgan fingerprint density at radius 3 is 2.77 bits per heavy atom. The summed E-state index contributed by atoms with van der Waals surface area (Å²) in [5.41, 5.74) is 2.02. The zero-order valence-corrected chi connectivity index (χ0v) is 7.77. The molecule has 0 fully saturated rings. The lowest BCUT2D eigenvalue weighted by Gasteiger charge is -2.17. The van der Waals surface area contributed by atoms with Crippen LogP contribution < -0.4 is 4.74 Å². The molecule has 1 aromatic rings. The van der Waals surface area contributed by atoms with E-state index in [4.69, 9.17) is 4.74 Å². The third kappa shape index (κ3) is 1.41. The second kappa shape index (κ2) is 3.36. The Kier molecular flexibility index (Phi) is 2.21. The number of ether oxygens (including phenoxy) is 1. The highest BCUT2D eigenvalue weighted by molar-refractivity contribution is 5.38. The Hall–Kier alpha value is -1.05. The van der Waals surface area contributed by atoms with Crippen molar-refractivity contribution in [3.05, 3.63) is 29.1 Å². The fourth-order valence-electron chi connectivity index (χ4n) is 1.92. The van der Waals surface area contributed by atoms with Gasteiger partial charge in [0, 0.05) is 0 Å². The third-order valence-corrected chi connectivity index (χ3v) is 2.65. The van der Waals surface area contributed by atoms with E-state index in [0.717, 1.165) is 30.4 Å². The zero-order chi connectivity index (χ0) is 9.26. The van der Waals surface area contributed by atoms with E-state index in [1.54, 1.807) is 6.07 Å². The van der Waals surface area contributed by atoms with Crippen LogP contribution in [0.15, 0.2) is 12.1 Å². The molecule has 0 unspecified atom stereocenters. The van der Waals surface area contributed by atoms with Crippen LogP contribution >= 0.6 is 0 Å². The van der Waals surface area contributed by atoms with Gasteiger partial charge in [-0.2, -0.15) is 0 Å². The molecule has 0 bridgehead atoms. The number of methoxy groups -OCH3 is 1. The molecule has 0 aromatic heterocycles. The summed E-state index contributed by atoms with van der Waals surface area (Å²) in [6, 6.07) is 3.70. The SMILES string of the molecule is COc1ccc2c(c1F)CCCC2. The van der Waals surface area contributed by atoms with E-state index in [0.29, 0.717) is 5.75 Å². The second-order valence-electron chi connectivity index (χ2n) is 3.43. The van der Waals surface area contributed by atoms with Gasteiger partial charge in [0.15, 0.2) is 11.6 Å². The number of benzene rings is 1. The summed E-state index contributed by atoms with van der Waals surface area (Å²) < 4.78 is 18.6. The Bertz CT molecular complexity index is 320. The van der Waals surface area contributed by atoms with Crippen molar-refractivity contribution in [3.63, 3.8) is 0 Å². The molecule has 1 aliphatic carbocycles. The predicted octanol–water partition coefficient (Wildman–Crippen LogP) is 2.71. The summed E-state index contributed by atoms with van der Waals surface area (Å²) in [4.78, 5) is 0. The second-order valence-corrected chi connectivity index (χ2v) is 3.43. The molecule has 0 saturated carbocycles. The molecule has 1 nitrogen and oxygen atoms in total. The van der Waals surface area contributed by atoms with Gasteiger partial charge in [-0.25, -0.2) is 4.39 Å². The summed E-state index contributed by atoms with van der Waals surface area (Å²) in [5.74, 6) is 0.223. The van der Waals surface area contributed by atoms with Crippen molar-refractivity contribution in [3.8, 4) is 5.75 Å². The topological polar surface area (TPSA) is 9.23 Å². The fraction of sp³-hybridized carbons (Fsp3) is 0.455. The van der Waals surface area contributed by atoms with Gasteiger partial charge >= 0.3 is 0 Å². The quantitative estimate of drug-likeness (QED) is 0.645. The number of fused-ring (bicyclic) bond motifs is 1. The molecule has 1 aliphatic rings. The molecule has 0 N–H and O–H groups in total. The minimum absolute atomic E-state index is 0.153. The maximum atomic E-state index is 13.6. The molecule has 1 aromatic carbocycles. The number of aryl methyl sites for hydroxylation is 1. The van der Waals surface area contributed by atoms with Gasteiger partial charge in [-0.05, 0) is 42.9 Å². The molecule has 0 atom stereocenters. The molecule has 0 heterocycles. The van der Waals surface area contributed by atoms with Crippen molar-refractivity contribution in [2.45, 2.75) is 25.7 Å². The van der Waals surface area contributed by atoms with Crippen LogP contribution in [0.2, 0.25) is 0 Å². The van der Waals surface area contributed by atoms with Crippen molar-refractivity contribution in [1.29, 1.82) is 0 Å². The standard InChI is InChI=1S/C11H13FO/c1-13-10-7-6-8-4-2-3-5-9(8)11(10)12/h6-7H,2-5H2,1H3. The van der Waals surface area contributed by atoms with Crippen LogP contribution in [0, 0.1) is 5.82 Å². The molecule has 0 radical (unpaired) electrons. The van der Waals surface area contributed by atoms with Gasteiger partial charge in [0.2, 0.25) is 0 Å². The van der Waals surface area contributed by atoms with Gasteiger partial charge in [0.25, 0.3) is 0 Å². The van der Waals surface area contributed by atoms with Crippen LogP contribution in [-0.2, 0) is 12.8 Å². The van der Waals surface area contributed by atoms with Crippen LogP contribution in [0.5, 0.6) is 5.75 Å². The molecule has 0 aliphatic heterocycles. The van der Waals surface area contributed by atoms with Crippen molar-refractivity contribution in [2.75, 3.05) is 7.11 Å². The van der Waals surface area contributed by atoms with Crippen molar-refractivity contribution in [1.82, 2.24) is 0 Å². The lowest BCUT2D eigenvalue weighted by atomic mass is 9.91. The lowest BCUT2D eigenvalue weighted by Crippen LogP contribution is -2.06. The molecule has 2 heteroatoms. The molecule has 0 spiro atoms. The van der Waals surface area contributed by atoms with Gasteiger partial charge < -0.3 is 4.74 Å². The van der Waals surface area contributed by atoms with E-state index >= 15 is 0 Å². The number of rotatable bonds is 1. The fourth-order valence-corrected chi connectivity index (χ4v) is 1.92. The summed E-state index contributed by atoms with van der Waals surface area (Å²) >= 11 is 0. The third-order valence-electron chi connectivity index (χ3n) is 2.65. The van der Waals surface area contributed by atoms with Crippen LogP contribution in [0.3, 0.4) is 0 Å². The maximum absolute atomic E-state index is 13.6. The van der Waals surface area contributed by atoms with Crippen LogP contribution in [-0.4, -0.2) is 7.11 Å². The Balaban J connectivity index is 2.48. The Labute approximate surface area is 77.5 Å². The highest BCUT2D eigenvalue weighted by Gasteiger charge is 2.16. The molecule has 13 heavy (non-hydrogen) atoms. The Morgan fingerprint density at radius 2 is 2.00 bits per heavy atom. The van der Waals surface area contributed by atoms with Crippen molar-refractivity contribution < 1.29 is 9.13 Å². The Morgan fingerprint density at radius 1 is 1.23 bits per heavy atom. The van der Waals surface area contributed by atoms with Crippen molar-refractivity contribution in [2.24, 2.45) is 0 Å². The van der Waals surface area contributed by atoms with E-state index in [1.807, 2.05) is 6.07 Å². The summed E-state index contributed by atoms with van der Waals surface area (Å²) in [6.07, 6.45) is 4.14. The van der Waals surface area contributed by atoms with Gasteiger partial charge in [-0.15, -0.1) is 0 Å². The first kappa shape index (κ1) is 8.54.